The summed E-state index contributed by atoms with van der Waals surface area (Å²) in [7, 11) is -3.27. The van der Waals surface area contributed by atoms with Crippen LogP contribution in [-0.4, -0.2) is 23.3 Å². The zero-order valence-electron chi connectivity index (χ0n) is 14.6. The van der Waals surface area contributed by atoms with Crippen molar-refractivity contribution in [2.45, 2.75) is 38.2 Å². The lowest BCUT2D eigenvalue weighted by atomic mass is 10.0. The second kappa shape index (κ2) is 6.38. The van der Waals surface area contributed by atoms with E-state index < -0.39 is 14.6 Å². The molecule has 2 aromatic heterocycles. The van der Waals surface area contributed by atoms with Crippen LogP contribution in [0.4, 0.5) is 0 Å². The van der Waals surface area contributed by atoms with Crippen molar-refractivity contribution >= 4 is 21.2 Å². The summed E-state index contributed by atoms with van der Waals surface area (Å²) in [6, 6.07) is 9.72. The number of aromatic nitrogens is 2. The van der Waals surface area contributed by atoms with Gasteiger partial charge in [-0.2, -0.15) is 0 Å². The van der Waals surface area contributed by atoms with Crippen molar-refractivity contribution in [3.63, 3.8) is 0 Å². The molecular formula is C18H20N2O3S2. The van der Waals surface area contributed by atoms with Crippen LogP contribution in [0.5, 0.6) is 0 Å². The van der Waals surface area contributed by atoms with Crippen molar-refractivity contribution in [3.05, 3.63) is 46.5 Å². The normalized spacial score (nSPS) is 12.5. The number of nitrogens with zero attached hydrogens (tertiary/aromatic N) is 2. The van der Waals surface area contributed by atoms with Gasteiger partial charge in [0.05, 0.1) is 16.0 Å². The van der Waals surface area contributed by atoms with Gasteiger partial charge >= 0.3 is 0 Å². The van der Waals surface area contributed by atoms with E-state index in [-0.39, 0.29) is 5.75 Å². The third kappa shape index (κ3) is 3.52. The monoisotopic (exact) mass is 376 g/mol. The minimum Gasteiger partial charge on any atom is -0.360 e. The van der Waals surface area contributed by atoms with Crippen LogP contribution >= 0.6 is 11.3 Å². The van der Waals surface area contributed by atoms with E-state index in [4.69, 9.17) is 4.52 Å². The minimum atomic E-state index is -3.27. The number of rotatable bonds is 4. The van der Waals surface area contributed by atoms with Crippen LogP contribution in [-0.2, 0) is 15.6 Å². The van der Waals surface area contributed by atoms with Gasteiger partial charge in [-0.15, -0.1) is 11.3 Å². The van der Waals surface area contributed by atoms with Crippen molar-refractivity contribution in [1.82, 2.24) is 10.1 Å². The van der Waals surface area contributed by atoms with E-state index in [1.165, 1.54) is 11.3 Å². The van der Waals surface area contributed by atoms with E-state index in [1.807, 2.05) is 42.6 Å². The smallest absolute Gasteiger partial charge is 0.161 e. The summed E-state index contributed by atoms with van der Waals surface area (Å²) in [5.41, 5.74) is 3.16. The third-order valence-electron chi connectivity index (χ3n) is 3.96. The first kappa shape index (κ1) is 17.8. The summed E-state index contributed by atoms with van der Waals surface area (Å²) in [5.74, 6) is 0.598. The molecule has 0 aliphatic carbocycles. The minimum absolute atomic E-state index is 0.0633. The second-order valence-electron chi connectivity index (χ2n) is 6.83. The van der Waals surface area contributed by atoms with Gasteiger partial charge in [0.2, 0.25) is 0 Å². The summed E-state index contributed by atoms with van der Waals surface area (Å²) >= 11 is 1.34. The molecule has 0 fully saturated rings. The Kier molecular flexibility index (Phi) is 4.55. The molecule has 0 bridgehead atoms. The van der Waals surface area contributed by atoms with Gasteiger partial charge in [0.1, 0.15) is 22.2 Å². The lowest BCUT2D eigenvalue weighted by Gasteiger charge is -2.17. The molecule has 0 amide bonds. The van der Waals surface area contributed by atoms with Crippen LogP contribution in [0, 0.1) is 6.92 Å². The average Bonchev–Trinajstić information content (AvgIpc) is 3.13. The number of thiazole rings is 1. The van der Waals surface area contributed by atoms with Gasteiger partial charge in [-0.3, -0.25) is 0 Å². The van der Waals surface area contributed by atoms with Crippen molar-refractivity contribution in [2.75, 3.05) is 0 Å². The summed E-state index contributed by atoms with van der Waals surface area (Å²) in [5, 5.41) is 6.59. The van der Waals surface area contributed by atoms with Crippen LogP contribution < -0.4 is 0 Å². The zero-order chi connectivity index (χ0) is 18.2. The standard InChI is InChI=1S/C18H20N2O3S2/c1-12-16(17(20-23-12)13-8-6-5-7-9-13)14-10-24-15(19-14)11-25(21,22)18(2,3)4/h5-10H,11H2,1-4H3. The SMILES string of the molecule is Cc1onc(-c2ccccc2)c1-c1csc(CS(=O)(=O)C(C)(C)C)n1. The van der Waals surface area contributed by atoms with Crippen LogP contribution in [0.2, 0.25) is 0 Å². The summed E-state index contributed by atoms with van der Waals surface area (Å²) in [4.78, 5) is 4.54. The van der Waals surface area contributed by atoms with Crippen LogP contribution in [0.3, 0.4) is 0 Å². The lowest BCUT2D eigenvalue weighted by Crippen LogP contribution is -2.29. The number of hydrogen-bond acceptors (Lipinski definition) is 6. The van der Waals surface area contributed by atoms with Gasteiger partial charge in [-0.1, -0.05) is 35.5 Å². The molecule has 0 unspecified atom stereocenters. The van der Waals surface area contributed by atoms with Crippen molar-refractivity contribution in [1.29, 1.82) is 0 Å². The van der Waals surface area contributed by atoms with E-state index in [2.05, 4.69) is 10.1 Å². The Morgan fingerprint density at radius 2 is 1.84 bits per heavy atom. The van der Waals surface area contributed by atoms with Gasteiger partial charge in [-0.25, -0.2) is 13.4 Å². The van der Waals surface area contributed by atoms with Gasteiger partial charge in [0.15, 0.2) is 9.84 Å². The van der Waals surface area contributed by atoms with Gasteiger partial charge < -0.3 is 4.52 Å². The number of benzene rings is 1. The number of sulfone groups is 1. The largest absolute Gasteiger partial charge is 0.360 e. The quantitative estimate of drug-likeness (QED) is 0.671. The summed E-state index contributed by atoms with van der Waals surface area (Å²) in [6.07, 6.45) is 0. The topological polar surface area (TPSA) is 73.1 Å². The maximum atomic E-state index is 12.4. The van der Waals surface area contributed by atoms with E-state index in [9.17, 15) is 8.42 Å². The maximum Gasteiger partial charge on any atom is 0.161 e. The highest BCUT2D eigenvalue weighted by molar-refractivity contribution is 7.92. The van der Waals surface area contributed by atoms with Gasteiger partial charge in [0.25, 0.3) is 0 Å². The fourth-order valence-electron chi connectivity index (χ4n) is 2.34. The maximum absolute atomic E-state index is 12.4. The van der Waals surface area contributed by atoms with E-state index in [0.717, 1.165) is 11.1 Å². The van der Waals surface area contributed by atoms with Crippen LogP contribution in [0.1, 0.15) is 31.5 Å². The summed E-state index contributed by atoms with van der Waals surface area (Å²) in [6.45, 7) is 6.94. The Morgan fingerprint density at radius 3 is 2.48 bits per heavy atom. The van der Waals surface area contributed by atoms with Gasteiger partial charge in [0, 0.05) is 10.9 Å². The molecule has 0 N–H and O–H groups in total. The van der Waals surface area contributed by atoms with E-state index >= 15 is 0 Å². The van der Waals surface area contributed by atoms with Crippen LogP contribution in [0.25, 0.3) is 22.5 Å². The van der Waals surface area contributed by atoms with Crippen molar-refractivity contribution in [3.8, 4) is 22.5 Å². The highest BCUT2D eigenvalue weighted by Crippen LogP contribution is 2.35. The third-order valence-corrected chi connectivity index (χ3v) is 7.52. The Hall–Kier alpha value is -1.99. The predicted molar refractivity (Wildman–Crippen MR) is 100 cm³/mol. The number of hydrogen-bond donors (Lipinski definition) is 0. The Balaban J connectivity index is 1.98. The zero-order valence-corrected chi connectivity index (χ0v) is 16.2. The van der Waals surface area contributed by atoms with Crippen molar-refractivity contribution in [2.24, 2.45) is 0 Å². The second-order valence-corrected chi connectivity index (χ2v) is 10.5. The highest BCUT2D eigenvalue weighted by Gasteiger charge is 2.30. The van der Waals surface area contributed by atoms with Crippen LogP contribution in [0.15, 0.2) is 40.2 Å². The first-order chi connectivity index (χ1) is 11.7. The molecule has 0 saturated carbocycles. The average molecular weight is 377 g/mol. The molecule has 0 radical (unpaired) electrons. The molecule has 0 saturated heterocycles. The molecule has 132 valence electrons. The Labute approximate surface area is 151 Å². The van der Waals surface area contributed by atoms with Crippen molar-refractivity contribution < 1.29 is 12.9 Å². The molecule has 1 aromatic carbocycles. The fraction of sp³-hybridized carbons (Fsp3) is 0.333. The lowest BCUT2D eigenvalue weighted by molar-refractivity contribution is 0.400. The Morgan fingerprint density at radius 1 is 1.16 bits per heavy atom. The molecule has 0 atom stereocenters. The molecule has 5 nitrogen and oxygen atoms in total. The molecular weight excluding hydrogens is 356 g/mol. The molecule has 0 spiro atoms. The van der Waals surface area contributed by atoms with E-state index in [1.54, 1.807) is 20.8 Å². The highest BCUT2D eigenvalue weighted by atomic mass is 32.2. The molecule has 0 aliphatic heterocycles. The molecule has 25 heavy (non-hydrogen) atoms. The molecule has 0 aliphatic rings. The predicted octanol–water partition coefficient (Wildman–Crippen LogP) is 4.49. The molecule has 2 heterocycles. The molecule has 7 heteroatoms. The molecule has 3 aromatic rings. The number of aryl methyl sites for hydroxylation is 1. The molecule has 3 rings (SSSR count). The first-order valence-electron chi connectivity index (χ1n) is 7.88. The van der Waals surface area contributed by atoms with Gasteiger partial charge in [-0.05, 0) is 27.7 Å². The Bertz CT molecular complexity index is 981. The summed E-state index contributed by atoms with van der Waals surface area (Å²) < 4.78 is 29.4. The first-order valence-corrected chi connectivity index (χ1v) is 10.4. The fourth-order valence-corrected chi connectivity index (χ4v) is 4.47. The van der Waals surface area contributed by atoms with E-state index in [0.29, 0.717) is 22.2 Å².